The molecule has 0 heterocycles. The molecule has 0 fully saturated rings. The molecule has 2 N–H and O–H groups in total. The number of ether oxygens (including phenoxy) is 2. The van der Waals surface area contributed by atoms with Crippen LogP contribution in [0.4, 0.5) is 10.1 Å². The molecule has 17 heavy (non-hydrogen) atoms. The van der Waals surface area contributed by atoms with Gasteiger partial charge >= 0.3 is 0 Å². The lowest BCUT2D eigenvalue weighted by atomic mass is 10.1. The minimum atomic E-state index is -0.323. The molecule has 3 nitrogen and oxygen atoms in total. The molecule has 0 amide bonds. The van der Waals surface area contributed by atoms with Crippen molar-refractivity contribution in [3.05, 3.63) is 29.6 Å². The summed E-state index contributed by atoms with van der Waals surface area (Å²) in [6.45, 7) is 4.66. The van der Waals surface area contributed by atoms with Gasteiger partial charge < -0.3 is 15.2 Å². The highest BCUT2D eigenvalue weighted by atomic mass is 19.1. The average Bonchev–Trinajstić information content (AvgIpc) is 2.27. The Labute approximate surface area is 102 Å². The summed E-state index contributed by atoms with van der Waals surface area (Å²) in [5.74, 6) is -0.323. The lowest BCUT2D eigenvalue weighted by molar-refractivity contribution is -0.0126. The smallest absolute Gasteiger partial charge is 0.130 e. The van der Waals surface area contributed by atoms with Crippen LogP contribution in [-0.2, 0) is 16.1 Å². The highest BCUT2D eigenvalue weighted by molar-refractivity contribution is 5.46. The fourth-order valence-electron chi connectivity index (χ4n) is 1.32. The van der Waals surface area contributed by atoms with E-state index in [1.807, 2.05) is 13.8 Å². The molecule has 1 aromatic rings. The van der Waals surface area contributed by atoms with Gasteiger partial charge in [-0.1, -0.05) is 6.07 Å². The summed E-state index contributed by atoms with van der Waals surface area (Å²) in [5.41, 5.74) is 6.30. The van der Waals surface area contributed by atoms with Crippen LogP contribution in [0.5, 0.6) is 0 Å². The van der Waals surface area contributed by atoms with Crippen molar-refractivity contribution in [3.8, 4) is 0 Å². The molecular weight excluding hydrogens is 221 g/mol. The Morgan fingerprint density at radius 1 is 1.35 bits per heavy atom. The van der Waals surface area contributed by atoms with Crippen LogP contribution in [-0.4, -0.2) is 19.3 Å². The summed E-state index contributed by atoms with van der Waals surface area (Å²) in [4.78, 5) is 0. The van der Waals surface area contributed by atoms with Crippen LogP contribution in [0.3, 0.4) is 0 Å². The molecule has 96 valence electrons. The zero-order chi connectivity index (χ0) is 12.9. The molecule has 0 aromatic heterocycles. The Balaban J connectivity index is 2.42. The van der Waals surface area contributed by atoms with E-state index in [-0.39, 0.29) is 18.0 Å². The molecule has 0 unspecified atom stereocenters. The predicted molar refractivity (Wildman–Crippen MR) is 66.2 cm³/mol. The largest absolute Gasteiger partial charge is 0.398 e. The zero-order valence-corrected chi connectivity index (χ0v) is 10.6. The van der Waals surface area contributed by atoms with Gasteiger partial charge in [0.15, 0.2) is 0 Å². The molecule has 1 rings (SSSR count). The third-order valence-corrected chi connectivity index (χ3v) is 2.80. The van der Waals surface area contributed by atoms with Gasteiger partial charge in [-0.2, -0.15) is 0 Å². The number of benzene rings is 1. The molecule has 0 saturated heterocycles. The van der Waals surface area contributed by atoms with E-state index in [2.05, 4.69) is 0 Å². The van der Waals surface area contributed by atoms with Crippen molar-refractivity contribution in [1.29, 1.82) is 0 Å². The number of nitrogen functional groups attached to an aromatic ring is 1. The summed E-state index contributed by atoms with van der Waals surface area (Å²) in [6, 6.07) is 4.64. The Hall–Kier alpha value is -1.13. The van der Waals surface area contributed by atoms with E-state index in [0.29, 0.717) is 17.9 Å². The molecular formula is C13H20FNO2. The van der Waals surface area contributed by atoms with Gasteiger partial charge in [0.05, 0.1) is 12.2 Å². The number of rotatable bonds is 6. The number of hydrogen-bond acceptors (Lipinski definition) is 3. The second kappa shape index (κ2) is 5.98. The minimum absolute atomic E-state index is 0.193. The van der Waals surface area contributed by atoms with Crippen LogP contribution in [0.25, 0.3) is 0 Å². The summed E-state index contributed by atoms with van der Waals surface area (Å²) < 4.78 is 24.1. The second-order valence-corrected chi connectivity index (χ2v) is 4.57. The summed E-state index contributed by atoms with van der Waals surface area (Å²) in [6.07, 6.45) is 0.748. The Morgan fingerprint density at radius 3 is 2.65 bits per heavy atom. The molecule has 0 aliphatic carbocycles. The van der Waals surface area contributed by atoms with Crippen molar-refractivity contribution in [1.82, 2.24) is 0 Å². The number of methoxy groups -OCH3 is 1. The minimum Gasteiger partial charge on any atom is -0.398 e. The van der Waals surface area contributed by atoms with E-state index in [1.54, 1.807) is 19.2 Å². The van der Waals surface area contributed by atoms with Gasteiger partial charge in [0, 0.05) is 25.0 Å². The SMILES string of the molecule is COC(C)(C)CCOCc1c(N)cccc1F. The maximum absolute atomic E-state index is 13.4. The maximum Gasteiger partial charge on any atom is 0.130 e. The Bertz CT molecular complexity index is 346. The van der Waals surface area contributed by atoms with E-state index < -0.39 is 0 Å². The van der Waals surface area contributed by atoms with Gasteiger partial charge in [-0.25, -0.2) is 4.39 Å². The van der Waals surface area contributed by atoms with Crippen LogP contribution >= 0.6 is 0 Å². The zero-order valence-electron chi connectivity index (χ0n) is 10.6. The molecule has 0 saturated carbocycles. The monoisotopic (exact) mass is 241 g/mol. The molecule has 0 aliphatic heterocycles. The van der Waals surface area contributed by atoms with E-state index in [0.717, 1.165) is 6.42 Å². The molecule has 0 aliphatic rings. The van der Waals surface area contributed by atoms with Gasteiger partial charge in [0.25, 0.3) is 0 Å². The molecule has 0 bridgehead atoms. The molecule has 0 atom stereocenters. The average molecular weight is 241 g/mol. The van der Waals surface area contributed by atoms with E-state index in [9.17, 15) is 4.39 Å². The first-order valence-electron chi connectivity index (χ1n) is 5.62. The lowest BCUT2D eigenvalue weighted by Gasteiger charge is -2.22. The fourth-order valence-corrected chi connectivity index (χ4v) is 1.32. The molecule has 0 spiro atoms. The van der Waals surface area contributed by atoms with Gasteiger partial charge in [-0.05, 0) is 32.4 Å². The summed E-state index contributed by atoms with van der Waals surface area (Å²) >= 11 is 0. The third-order valence-electron chi connectivity index (χ3n) is 2.80. The van der Waals surface area contributed by atoms with Crippen LogP contribution < -0.4 is 5.73 Å². The maximum atomic E-state index is 13.4. The number of hydrogen-bond donors (Lipinski definition) is 1. The standard InChI is InChI=1S/C13H20FNO2/c1-13(2,16-3)7-8-17-9-10-11(14)5-4-6-12(10)15/h4-6H,7-9,15H2,1-3H3. The Kier molecular flexibility index (Phi) is 4.90. The number of nitrogens with two attached hydrogens (primary N) is 1. The van der Waals surface area contributed by atoms with Crippen molar-refractivity contribution in [2.45, 2.75) is 32.5 Å². The number of anilines is 1. The van der Waals surface area contributed by atoms with Crippen LogP contribution in [0.1, 0.15) is 25.8 Å². The van der Waals surface area contributed by atoms with Crippen molar-refractivity contribution in [2.75, 3.05) is 19.5 Å². The fraction of sp³-hybridized carbons (Fsp3) is 0.538. The van der Waals surface area contributed by atoms with E-state index in [1.165, 1.54) is 6.07 Å². The van der Waals surface area contributed by atoms with Crippen molar-refractivity contribution in [2.24, 2.45) is 0 Å². The highest BCUT2D eigenvalue weighted by Crippen LogP contribution is 2.18. The van der Waals surface area contributed by atoms with Crippen molar-refractivity contribution < 1.29 is 13.9 Å². The highest BCUT2D eigenvalue weighted by Gasteiger charge is 2.15. The van der Waals surface area contributed by atoms with Gasteiger partial charge in [0.2, 0.25) is 0 Å². The molecule has 1 aromatic carbocycles. The second-order valence-electron chi connectivity index (χ2n) is 4.57. The third kappa shape index (κ3) is 4.32. The number of halogens is 1. The van der Waals surface area contributed by atoms with E-state index in [4.69, 9.17) is 15.2 Å². The normalized spacial score (nSPS) is 11.8. The van der Waals surface area contributed by atoms with Gasteiger partial charge in [0.1, 0.15) is 5.82 Å². The first-order chi connectivity index (χ1) is 7.96. The van der Waals surface area contributed by atoms with Crippen LogP contribution in [0, 0.1) is 5.82 Å². The molecule has 0 radical (unpaired) electrons. The topological polar surface area (TPSA) is 44.5 Å². The van der Waals surface area contributed by atoms with Gasteiger partial charge in [-0.15, -0.1) is 0 Å². The molecule has 4 heteroatoms. The predicted octanol–water partition coefficient (Wildman–Crippen LogP) is 2.74. The van der Waals surface area contributed by atoms with E-state index >= 15 is 0 Å². The Morgan fingerprint density at radius 2 is 2.06 bits per heavy atom. The lowest BCUT2D eigenvalue weighted by Crippen LogP contribution is -2.24. The first-order valence-corrected chi connectivity index (χ1v) is 5.62. The first kappa shape index (κ1) is 13.9. The van der Waals surface area contributed by atoms with Crippen molar-refractivity contribution in [3.63, 3.8) is 0 Å². The van der Waals surface area contributed by atoms with Crippen LogP contribution in [0.15, 0.2) is 18.2 Å². The van der Waals surface area contributed by atoms with Gasteiger partial charge in [-0.3, -0.25) is 0 Å². The quantitative estimate of drug-likeness (QED) is 0.615. The summed E-state index contributed by atoms with van der Waals surface area (Å²) in [5, 5.41) is 0. The van der Waals surface area contributed by atoms with Crippen molar-refractivity contribution >= 4 is 5.69 Å². The summed E-state index contributed by atoms with van der Waals surface area (Å²) in [7, 11) is 1.66. The van der Waals surface area contributed by atoms with Crippen LogP contribution in [0.2, 0.25) is 0 Å².